The molecule has 5 nitrogen and oxygen atoms in total. The molecule has 2 N–H and O–H groups in total. The minimum Gasteiger partial charge on any atom is -0.392 e. The van der Waals surface area contributed by atoms with E-state index in [0.29, 0.717) is 18.8 Å². The third-order valence-corrected chi connectivity index (χ3v) is 4.91. The van der Waals surface area contributed by atoms with Crippen molar-refractivity contribution in [2.45, 2.75) is 0 Å². The fraction of sp³-hybridized carbons (Fsp3) is 0.364. The van der Waals surface area contributed by atoms with Crippen LogP contribution in [0.15, 0.2) is 24.3 Å². The van der Waals surface area contributed by atoms with E-state index in [2.05, 4.69) is 0 Å². The van der Waals surface area contributed by atoms with Gasteiger partial charge in [-0.05, 0) is 12.1 Å². The monoisotopic (exact) mass is 285 g/mol. The lowest BCUT2D eigenvalue weighted by Gasteiger charge is -2.36. The van der Waals surface area contributed by atoms with E-state index >= 15 is 0 Å². The molecule has 2 rings (SSSR count). The molecule has 0 saturated carbocycles. The number of nitrogens with zero attached hydrogens (tertiary/aromatic N) is 2. The Morgan fingerprint density at radius 3 is 2.56 bits per heavy atom. The number of nitrogens with two attached hydrogens (primary N) is 1. The molecule has 0 spiro atoms. The number of thiocarbonyl (C=S) groups is 1. The van der Waals surface area contributed by atoms with Crippen LogP contribution in [0.1, 0.15) is 0 Å². The Labute approximate surface area is 112 Å². The van der Waals surface area contributed by atoms with Gasteiger partial charge in [0.1, 0.15) is 5.75 Å². The number of hydrogen-bond acceptors (Lipinski definition) is 4. The molecule has 98 valence electrons. The predicted octanol–water partition coefficient (Wildman–Crippen LogP) is 0.559. The van der Waals surface area contributed by atoms with Crippen LogP contribution in [-0.2, 0) is 10.0 Å². The van der Waals surface area contributed by atoms with Crippen molar-refractivity contribution in [3.63, 3.8) is 0 Å². The Balaban J connectivity index is 2.43. The first kappa shape index (κ1) is 13.1. The fourth-order valence-electron chi connectivity index (χ4n) is 2.03. The minimum atomic E-state index is -3.48. The summed E-state index contributed by atoms with van der Waals surface area (Å²) in [6.45, 7) is 1.06. The average Bonchev–Trinajstić information content (AvgIpc) is 2.27. The quantitative estimate of drug-likeness (QED) is 0.822. The zero-order chi connectivity index (χ0) is 13.3. The number of likely N-dealkylation sites (N-methyl/N-ethyl adjacent to an activating group) is 1. The van der Waals surface area contributed by atoms with Gasteiger partial charge < -0.3 is 10.6 Å². The zero-order valence-electron chi connectivity index (χ0n) is 10.0. The van der Waals surface area contributed by atoms with Crippen molar-refractivity contribution < 1.29 is 8.42 Å². The summed E-state index contributed by atoms with van der Waals surface area (Å²) in [7, 11) is -1.54. The van der Waals surface area contributed by atoms with Crippen LogP contribution < -0.4 is 14.9 Å². The number of sulfonamides is 1. The fourth-order valence-corrected chi connectivity index (χ4v) is 3.80. The van der Waals surface area contributed by atoms with Crippen molar-refractivity contribution in [1.29, 1.82) is 0 Å². The topological polar surface area (TPSA) is 66.6 Å². The van der Waals surface area contributed by atoms with Crippen molar-refractivity contribution in [3.8, 4) is 0 Å². The first-order valence-corrected chi connectivity index (χ1v) is 7.52. The van der Waals surface area contributed by atoms with Crippen LogP contribution in [0.2, 0.25) is 0 Å². The Morgan fingerprint density at radius 1 is 1.33 bits per heavy atom. The summed E-state index contributed by atoms with van der Waals surface area (Å²) < 4.78 is 25.8. The second kappa shape index (κ2) is 4.74. The van der Waals surface area contributed by atoms with Crippen LogP contribution in [0.3, 0.4) is 0 Å². The molecule has 0 fully saturated rings. The predicted molar refractivity (Wildman–Crippen MR) is 77.6 cm³/mol. The molecule has 0 amide bonds. The molecule has 0 bridgehead atoms. The molecule has 1 heterocycles. The van der Waals surface area contributed by atoms with Crippen molar-refractivity contribution in [1.82, 2.24) is 0 Å². The molecule has 0 saturated heterocycles. The molecule has 0 unspecified atom stereocenters. The number of fused-ring (bicyclic) bond motifs is 1. The lowest BCUT2D eigenvalue weighted by atomic mass is 10.2. The van der Waals surface area contributed by atoms with Gasteiger partial charge in [-0.1, -0.05) is 24.4 Å². The summed E-state index contributed by atoms with van der Waals surface area (Å²) in [5, 5.41) is 0. The van der Waals surface area contributed by atoms with Crippen LogP contribution in [0.25, 0.3) is 0 Å². The number of hydrogen-bond donors (Lipinski definition) is 1. The zero-order valence-corrected chi connectivity index (χ0v) is 11.7. The van der Waals surface area contributed by atoms with Gasteiger partial charge >= 0.3 is 0 Å². The van der Waals surface area contributed by atoms with E-state index in [1.54, 1.807) is 6.07 Å². The highest BCUT2D eigenvalue weighted by molar-refractivity contribution is 7.95. The third kappa shape index (κ3) is 2.41. The normalized spacial score (nSPS) is 15.4. The molecule has 1 aliphatic heterocycles. The first-order chi connectivity index (χ1) is 8.42. The van der Waals surface area contributed by atoms with Gasteiger partial charge in [-0.3, -0.25) is 4.31 Å². The summed E-state index contributed by atoms with van der Waals surface area (Å²) in [5.74, 6) is -0.291. The van der Waals surface area contributed by atoms with Crippen molar-refractivity contribution in [2.24, 2.45) is 5.73 Å². The van der Waals surface area contributed by atoms with Crippen LogP contribution in [0.4, 0.5) is 11.4 Å². The Kier molecular flexibility index (Phi) is 3.45. The summed E-state index contributed by atoms with van der Waals surface area (Å²) in [6.07, 6.45) is 0. The number of para-hydroxylation sites is 2. The minimum absolute atomic E-state index is 0.00795. The number of anilines is 2. The highest BCUT2D eigenvalue weighted by Crippen LogP contribution is 2.33. The maximum atomic E-state index is 12.2. The van der Waals surface area contributed by atoms with Crippen LogP contribution in [0.5, 0.6) is 0 Å². The molecular weight excluding hydrogens is 270 g/mol. The maximum Gasteiger partial charge on any atom is 0.241 e. The molecule has 18 heavy (non-hydrogen) atoms. The van der Waals surface area contributed by atoms with Gasteiger partial charge in [-0.2, -0.15) is 0 Å². The van der Waals surface area contributed by atoms with Crippen molar-refractivity contribution in [3.05, 3.63) is 24.3 Å². The van der Waals surface area contributed by atoms with Crippen LogP contribution in [-0.4, -0.2) is 39.3 Å². The van der Waals surface area contributed by atoms with Gasteiger partial charge in [0.25, 0.3) is 0 Å². The van der Waals surface area contributed by atoms with Crippen molar-refractivity contribution >= 4 is 38.6 Å². The first-order valence-electron chi connectivity index (χ1n) is 5.51. The van der Waals surface area contributed by atoms with Crippen LogP contribution >= 0.6 is 12.2 Å². The Bertz CT molecular complexity index is 571. The molecule has 0 aromatic heterocycles. The van der Waals surface area contributed by atoms with E-state index < -0.39 is 10.0 Å². The molecule has 0 aliphatic carbocycles. The van der Waals surface area contributed by atoms with E-state index in [0.717, 1.165) is 5.69 Å². The average molecular weight is 285 g/mol. The SMILES string of the molecule is CN1CCN(S(=O)(=O)CC(N)=S)c2ccccc21. The van der Waals surface area contributed by atoms with Gasteiger partial charge in [0.15, 0.2) is 0 Å². The highest BCUT2D eigenvalue weighted by Gasteiger charge is 2.29. The summed E-state index contributed by atoms with van der Waals surface area (Å²) >= 11 is 4.70. The molecule has 0 radical (unpaired) electrons. The Hall–Kier alpha value is -1.34. The van der Waals surface area contributed by atoms with Gasteiger partial charge in [-0.25, -0.2) is 8.42 Å². The third-order valence-electron chi connectivity index (χ3n) is 2.86. The number of benzene rings is 1. The van der Waals surface area contributed by atoms with E-state index in [-0.39, 0.29) is 10.7 Å². The molecule has 0 atom stereocenters. The molecule has 1 aromatic rings. The largest absolute Gasteiger partial charge is 0.392 e. The van der Waals surface area contributed by atoms with Gasteiger partial charge in [-0.15, -0.1) is 0 Å². The lowest BCUT2D eigenvalue weighted by molar-refractivity contribution is 0.593. The van der Waals surface area contributed by atoms with E-state index in [9.17, 15) is 8.42 Å². The second-order valence-electron chi connectivity index (χ2n) is 4.20. The van der Waals surface area contributed by atoms with E-state index in [4.69, 9.17) is 18.0 Å². The number of rotatable bonds is 3. The molecular formula is C11H15N3O2S2. The Morgan fingerprint density at radius 2 is 1.94 bits per heavy atom. The molecule has 1 aromatic carbocycles. The standard InChI is InChI=1S/C11H15N3O2S2/c1-13-6-7-14(18(15,16)8-11(12)17)10-5-3-2-4-9(10)13/h2-5H,6-8H2,1H3,(H2,12,17). The summed E-state index contributed by atoms with van der Waals surface area (Å²) in [5.41, 5.74) is 6.93. The van der Waals surface area contributed by atoms with Gasteiger partial charge in [0.2, 0.25) is 10.0 Å². The smallest absolute Gasteiger partial charge is 0.241 e. The maximum absolute atomic E-state index is 12.2. The second-order valence-corrected chi connectivity index (χ2v) is 6.62. The van der Waals surface area contributed by atoms with Gasteiger partial charge in [0.05, 0.1) is 22.9 Å². The summed E-state index contributed by atoms with van der Waals surface area (Å²) in [6, 6.07) is 7.40. The van der Waals surface area contributed by atoms with E-state index in [1.165, 1.54) is 4.31 Å². The van der Waals surface area contributed by atoms with E-state index in [1.807, 2.05) is 30.1 Å². The highest BCUT2D eigenvalue weighted by atomic mass is 32.2. The molecule has 1 aliphatic rings. The molecule has 7 heteroatoms. The van der Waals surface area contributed by atoms with Crippen molar-refractivity contribution in [2.75, 3.05) is 35.1 Å². The lowest BCUT2D eigenvalue weighted by Crippen LogP contribution is -2.45. The van der Waals surface area contributed by atoms with Crippen LogP contribution in [0, 0.1) is 0 Å². The van der Waals surface area contributed by atoms with Gasteiger partial charge in [0, 0.05) is 13.6 Å². The summed E-state index contributed by atoms with van der Waals surface area (Å²) in [4.78, 5) is 2.02.